The van der Waals surface area contributed by atoms with Crippen molar-refractivity contribution in [2.45, 2.75) is 4.90 Å². The highest BCUT2D eigenvalue weighted by Gasteiger charge is 2.19. The Kier molecular flexibility index (Phi) is 3.42. The van der Waals surface area contributed by atoms with E-state index in [1.165, 1.54) is 0 Å². The molecule has 0 spiro atoms. The first kappa shape index (κ1) is 12.3. The van der Waals surface area contributed by atoms with Gasteiger partial charge in [0.25, 0.3) is 0 Å². The fourth-order valence-corrected chi connectivity index (χ4v) is 2.39. The topological polar surface area (TPSA) is 93.3 Å². The van der Waals surface area contributed by atoms with Gasteiger partial charge in [0.1, 0.15) is 6.20 Å². The summed E-state index contributed by atoms with van der Waals surface area (Å²) in [7, 11) is 0. The van der Waals surface area contributed by atoms with Gasteiger partial charge in [0.15, 0.2) is 0 Å². The second-order valence-corrected chi connectivity index (χ2v) is 4.41. The van der Waals surface area contributed by atoms with Crippen molar-refractivity contribution in [3.8, 4) is 0 Å². The number of rotatable bonds is 4. The largest absolute Gasteiger partial charge is 0.481 e. The lowest BCUT2D eigenvalue weighted by Gasteiger charge is -2.05. The molecule has 0 fully saturated rings. The molecule has 0 aliphatic carbocycles. The first-order valence-electron chi connectivity index (χ1n) is 4.96. The molecular weight excluding hydrogens is 256 g/mol. The van der Waals surface area contributed by atoms with Gasteiger partial charge in [-0.2, -0.15) is 0 Å². The van der Waals surface area contributed by atoms with Gasteiger partial charge < -0.3 is 5.11 Å². The summed E-state index contributed by atoms with van der Waals surface area (Å²) in [5.74, 6) is -1.25. The number of aliphatic carboxylic acids is 1. The van der Waals surface area contributed by atoms with Crippen molar-refractivity contribution < 1.29 is 14.8 Å². The Hall–Kier alpha value is -2.15. The minimum atomic E-state index is -1.02. The SMILES string of the molecule is O=C(O)CSc1c([N+](=O)[O-])cnc2ccccc12. The summed E-state index contributed by atoms with van der Waals surface area (Å²) in [4.78, 5) is 25.3. The van der Waals surface area contributed by atoms with Crippen LogP contribution < -0.4 is 0 Å². The van der Waals surface area contributed by atoms with E-state index in [1.807, 2.05) is 0 Å². The summed E-state index contributed by atoms with van der Waals surface area (Å²) in [6, 6.07) is 6.93. The van der Waals surface area contributed by atoms with E-state index in [0.29, 0.717) is 15.8 Å². The maximum atomic E-state index is 10.9. The Morgan fingerprint density at radius 1 is 1.44 bits per heavy atom. The van der Waals surface area contributed by atoms with E-state index in [2.05, 4.69) is 4.98 Å². The van der Waals surface area contributed by atoms with E-state index < -0.39 is 10.9 Å². The van der Waals surface area contributed by atoms with Crippen LogP contribution in [0.3, 0.4) is 0 Å². The number of carboxylic acid groups (broad SMARTS) is 1. The molecule has 0 aliphatic heterocycles. The number of pyridine rings is 1. The molecule has 1 N–H and O–H groups in total. The second-order valence-electron chi connectivity index (χ2n) is 3.43. The fourth-order valence-electron chi connectivity index (χ4n) is 1.52. The first-order valence-corrected chi connectivity index (χ1v) is 5.95. The molecule has 0 amide bonds. The lowest BCUT2D eigenvalue weighted by molar-refractivity contribution is -0.387. The molecule has 0 saturated carbocycles. The molecule has 92 valence electrons. The van der Waals surface area contributed by atoms with Gasteiger partial charge in [-0.1, -0.05) is 18.2 Å². The summed E-state index contributed by atoms with van der Waals surface area (Å²) in [5.41, 5.74) is 0.441. The molecule has 0 saturated heterocycles. The summed E-state index contributed by atoms with van der Waals surface area (Å²) in [6.45, 7) is 0. The van der Waals surface area contributed by atoms with Crippen LogP contribution in [0, 0.1) is 10.1 Å². The molecule has 0 bridgehead atoms. The number of carbonyl (C=O) groups is 1. The number of hydrogen-bond acceptors (Lipinski definition) is 5. The molecule has 7 heteroatoms. The predicted octanol–water partition coefficient (Wildman–Crippen LogP) is 2.32. The summed E-state index contributed by atoms with van der Waals surface area (Å²) in [5, 5.41) is 20.2. The van der Waals surface area contributed by atoms with Gasteiger partial charge in [-0.05, 0) is 6.07 Å². The Balaban J connectivity index is 2.58. The van der Waals surface area contributed by atoms with Gasteiger partial charge in [0.05, 0.1) is 21.1 Å². The van der Waals surface area contributed by atoms with Gasteiger partial charge in [-0.3, -0.25) is 14.9 Å². The van der Waals surface area contributed by atoms with Crippen LogP contribution >= 0.6 is 11.8 Å². The van der Waals surface area contributed by atoms with E-state index in [9.17, 15) is 14.9 Å². The number of hydrogen-bond donors (Lipinski definition) is 1. The Labute approximate surface area is 106 Å². The van der Waals surface area contributed by atoms with E-state index in [1.54, 1.807) is 24.3 Å². The lowest BCUT2D eigenvalue weighted by atomic mass is 10.2. The standard InChI is InChI=1S/C11H8N2O4S/c14-10(15)6-18-11-7-3-1-2-4-8(7)12-5-9(11)13(16)17/h1-5H,6H2,(H,14,15). The number of nitrogens with zero attached hydrogens (tertiary/aromatic N) is 2. The van der Waals surface area contributed by atoms with Crippen LogP contribution in [0.5, 0.6) is 0 Å². The maximum absolute atomic E-state index is 10.9. The zero-order valence-electron chi connectivity index (χ0n) is 9.07. The number of para-hydroxylation sites is 1. The van der Waals surface area contributed by atoms with Crippen LogP contribution in [-0.2, 0) is 4.79 Å². The summed E-state index contributed by atoms with van der Waals surface area (Å²) < 4.78 is 0. The fraction of sp³-hybridized carbons (Fsp3) is 0.0909. The van der Waals surface area contributed by atoms with Crippen LogP contribution in [0.4, 0.5) is 5.69 Å². The van der Waals surface area contributed by atoms with Crippen molar-refractivity contribution >= 4 is 34.3 Å². The average Bonchev–Trinajstić information content (AvgIpc) is 2.35. The van der Waals surface area contributed by atoms with Crippen molar-refractivity contribution in [3.05, 3.63) is 40.6 Å². The number of benzene rings is 1. The average molecular weight is 264 g/mol. The third-order valence-electron chi connectivity index (χ3n) is 2.24. The van der Waals surface area contributed by atoms with Gasteiger partial charge in [-0.25, -0.2) is 4.98 Å². The molecule has 1 aromatic heterocycles. The lowest BCUT2D eigenvalue weighted by Crippen LogP contribution is -2.00. The van der Waals surface area contributed by atoms with Gasteiger partial charge in [-0.15, -0.1) is 11.8 Å². The van der Waals surface area contributed by atoms with Crippen LogP contribution in [0.1, 0.15) is 0 Å². The normalized spacial score (nSPS) is 10.4. The molecular formula is C11H8N2O4S. The van der Waals surface area contributed by atoms with Crippen molar-refractivity contribution in [2.75, 3.05) is 5.75 Å². The number of aromatic nitrogens is 1. The van der Waals surface area contributed by atoms with E-state index in [4.69, 9.17) is 5.11 Å². The highest BCUT2D eigenvalue weighted by Crippen LogP contribution is 2.34. The molecule has 1 aromatic carbocycles. The number of thioether (sulfide) groups is 1. The zero-order chi connectivity index (χ0) is 13.1. The monoisotopic (exact) mass is 264 g/mol. The first-order chi connectivity index (χ1) is 8.59. The second kappa shape index (κ2) is 5.01. The van der Waals surface area contributed by atoms with Crippen LogP contribution in [0.15, 0.2) is 35.4 Å². The molecule has 2 rings (SSSR count). The molecule has 0 unspecified atom stereocenters. The molecule has 0 radical (unpaired) electrons. The Morgan fingerprint density at radius 3 is 2.83 bits per heavy atom. The molecule has 1 heterocycles. The summed E-state index contributed by atoms with van der Waals surface area (Å²) in [6.07, 6.45) is 1.16. The van der Waals surface area contributed by atoms with Crippen molar-refractivity contribution in [1.29, 1.82) is 0 Å². The third kappa shape index (κ3) is 2.40. The Morgan fingerprint density at radius 2 is 2.17 bits per heavy atom. The number of carboxylic acids is 1. The number of nitro groups is 1. The van der Waals surface area contributed by atoms with E-state index >= 15 is 0 Å². The van der Waals surface area contributed by atoms with Crippen molar-refractivity contribution in [3.63, 3.8) is 0 Å². The quantitative estimate of drug-likeness (QED) is 0.517. The summed E-state index contributed by atoms with van der Waals surface area (Å²) >= 11 is 0.932. The minimum absolute atomic E-state index is 0.167. The van der Waals surface area contributed by atoms with Crippen LogP contribution in [0.25, 0.3) is 10.9 Å². The van der Waals surface area contributed by atoms with Crippen molar-refractivity contribution in [2.24, 2.45) is 0 Å². The molecule has 0 atom stereocenters. The zero-order valence-corrected chi connectivity index (χ0v) is 9.88. The highest BCUT2D eigenvalue weighted by atomic mass is 32.2. The highest BCUT2D eigenvalue weighted by molar-refractivity contribution is 8.00. The Bertz CT molecular complexity index is 629. The molecule has 2 aromatic rings. The van der Waals surface area contributed by atoms with E-state index in [-0.39, 0.29) is 11.4 Å². The smallest absolute Gasteiger partial charge is 0.313 e. The van der Waals surface area contributed by atoms with Gasteiger partial charge >= 0.3 is 11.7 Å². The number of fused-ring (bicyclic) bond motifs is 1. The van der Waals surface area contributed by atoms with Crippen LogP contribution in [0.2, 0.25) is 0 Å². The minimum Gasteiger partial charge on any atom is -0.481 e. The van der Waals surface area contributed by atoms with E-state index in [0.717, 1.165) is 18.0 Å². The molecule has 0 aliphatic rings. The van der Waals surface area contributed by atoms with Gasteiger partial charge in [0, 0.05) is 5.39 Å². The molecule has 18 heavy (non-hydrogen) atoms. The molecule has 6 nitrogen and oxygen atoms in total. The van der Waals surface area contributed by atoms with Crippen molar-refractivity contribution in [1.82, 2.24) is 4.98 Å². The van der Waals surface area contributed by atoms with Gasteiger partial charge in [0.2, 0.25) is 0 Å². The predicted molar refractivity (Wildman–Crippen MR) is 66.8 cm³/mol. The van der Waals surface area contributed by atoms with Crippen LogP contribution in [-0.4, -0.2) is 26.7 Å². The maximum Gasteiger partial charge on any atom is 0.313 e. The third-order valence-corrected chi connectivity index (χ3v) is 3.35.